The largest absolute Gasteiger partial charge is 0.450 e. The molecule has 0 aromatic carbocycles. The number of nitrogens with zero attached hydrogens (tertiary/aromatic N) is 1. The topological polar surface area (TPSA) is 29.5 Å². The van der Waals surface area contributed by atoms with E-state index in [0.29, 0.717) is 19.7 Å². The van der Waals surface area contributed by atoms with Crippen LogP contribution < -0.4 is 0 Å². The molecular formula is C14H21NO2S. The zero-order valence-electron chi connectivity index (χ0n) is 11.4. The number of ether oxygens (including phenoxy) is 1. The second-order valence-corrected chi connectivity index (χ2v) is 4.73. The van der Waals surface area contributed by atoms with Crippen LogP contribution in [-0.2, 0) is 11.2 Å². The molecule has 0 saturated heterocycles. The second kappa shape index (κ2) is 7.21. The fourth-order valence-electron chi connectivity index (χ4n) is 1.85. The van der Waals surface area contributed by atoms with Crippen molar-refractivity contribution in [3.8, 4) is 0 Å². The molecule has 0 aliphatic carbocycles. The minimum absolute atomic E-state index is 0.237. The van der Waals surface area contributed by atoms with E-state index < -0.39 is 0 Å². The zero-order valence-corrected chi connectivity index (χ0v) is 12.2. The quantitative estimate of drug-likeness (QED) is 0.774. The lowest BCUT2D eigenvalue weighted by Crippen LogP contribution is -2.33. The normalized spacial score (nSPS) is 14.2. The van der Waals surface area contributed by atoms with Crippen molar-refractivity contribution < 1.29 is 9.53 Å². The van der Waals surface area contributed by atoms with Crippen molar-refractivity contribution in [3.05, 3.63) is 28.5 Å². The molecule has 0 saturated carbocycles. The number of fused-ring (bicyclic) bond motifs is 1. The summed E-state index contributed by atoms with van der Waals surface area (Å²) in [6.07, 6.45) is 0.656. The minimum atomic E-state index is -0.237. The Morgan fingerprint density at radius 1 is 1.56 bits per heavy atom. The van der Waals surface area contributed by atoms with Crippen LogP contribution in [0.15, 0.2) is 18.0 Å². The lowest BCUT2D eigenvalue weighted by atomic mass is 10.1. The van der Waals surface area contributed by atoms with Gasteiger partial charge in [-0.2, -0.15) is 0 Å². The Hall–Kier alpha value is -1.29. The Bertz CT molecular complexity index is 412. The van der Waals surface area contributed by atoms with Gasteiger partial charge in [-0.15, -0.1) is 11.3 Å². The number of carbonyl (C=O) groups is 1. The van der Waals surface area contributed by atoms with E-state index in [4.69, 9.17) is 4.74 Å². The predicted molar refractivity (Wildman–Crippen MR) is 77.0 cm³/mol. The standard InChI is InChI=1S/C12H15NO2S.C2H6/c1-3-15-12(14)13-6-4-11-10(5-7-16-11)9(2)8-13;1-2/h5,7H,2-4,6,8H2,1H3;1-2H3. The maximum Gasteiger partial charge on any atom is 0.410 e. The van der Waals surface area contributed by atoms with Crippen LogP contribution in [-0.4, -0.2) is 30.7 Å². The van der Waals surface area contributed by atoms with Crippen LogP contribution in [0.3, 0.4) is 0 Å². The molecule has 3 nitrogen and oxygen atoms in total. The molecule has 0 radical (unpaired) electrons. The molecule has 100 valence electrons. The Morgan fingerprint density at radius 3 is 2.94 bits per heavy atom. The van der Waals surface area contributed by atoms with Gasteiger partial charge in [-0.3, -0.25) is 0 Å². The monoisotopic (exact) mass is 267 g/mol. The number of amides is 1. The molecule has 0 spiro atoms. The molecule has 0 unspecified atom stereocenters. The molecule has 1 amide bonds. The van der Waals surface area contributed by atoms with E-state index in [9.17, 15) is 4.79 Å². The summed E-state index contributed by atoms with van der Waals surface area (Å²) in [6.45, 7) is 11.6. The van der Waals surface area contributed by atoms with Crippen LogP contribution in [0, 0.1) is 0 Å². The van der Waals surface area contributed by atoms with Gasteiger partial charge in [0.2, 0.25) is 0 Å². The zero-order chi connectivity index (χ0) is 13.5. The summed E-state index contributed by atoms with van der Waals surface area (Å²) < 4.78 is 5.01. The third-order valence-electron chi connectivity index (χ3n) is 2.64. The van der Waals surface area contributed by atoms with Crippen molar-refractivity contribution in [3.63, 3.8) is 0 Å². The molecular weight excluding hydrogens is 246 g/mol. The lowest BCUT2D eigenvalue weighted by Gasteiger charge is -2.19. The van der Waals surface area contributed by atoms with E-state index in [2.05, 4.69) is 18.0 Å². The summed E-state index contributed by atoms with van der Waals surface area (Å²) in [7, 11) is 0. The summed E-state index contributed by atoms with van der Waals surface area (Å²) in [5.41, 5.74) is 2.21. The van der Waals surface area contributed by atoms with Crippen LogP contribution >= 0.6 is 11.3 Å². The molecule has 1 aliphatic rings. The molecule has 0 fully saturated rings. The first-order valence-corrected chi connectivity index (χ1v) is 7.26. The van der Waals surface area contributed by atoms with Gasteiger partial charge >= 0.3 is 6.09 Å². The van der Waals surface area contributed by atoms with Crippen molar-refractivity contribution in [1.82, 2.24) is 4.90 Å². The van der Waals surface area contributed by atoms with Gasteiger partial charge in [0.1, 0.15) is 0 Å². The number of rotatable bonds is 1. The Balaban J connectivity index is 0.000000771. The van der Waals surface area contributed by atoms with E-state index in [1.807, 2.05) is 20.8 Å². The van der Waals surface area contributed by atoms with Crippen LogP contribution in [0.25, 0.3) is 5.57 Å². The first kappa shape index (κ1) is 14.8. The molecule has 2 heterocycles. The summed E-state index contributed by atoms with van der Waals surface area (Å²) in [6, 6.07) is 2.08. The number of thiophene rings is 1. The highest BCUT2D eigenvalue weighted by Crippen LogP contribution is 2.27. The van der Waals surface area contributed by atoms with Crippen molar-refractivity contribution in [2.45, 2.75) is 27.2 Å². The fourth-order valence-corrected chi connectivity index (χ4v) is 2.77. The minimum Gasteiger partial charge on any atom is -0.450 e. The van der Waals surface area contributed by atoms with Gasteiger partial charge in [0, 0.05) is 24.4 Å². The van der Waals surface area contributed by atoms with Crippen LogP contribution in [0.5, 0.6) is 0 Å². The molecule has 1 aromatic rings. The van der Waals surface area contributed by atoms with Crippen LogP contribution in [0.4, 0.5) is 4.79 Å². The van der Waals surface area contributed by atoms with Crippen molar-refractivity contribution in [1.29, 1.82) is 0 Å². The Morgan fingerprint density at radius 2 is 2.28 bits per heavy atom. The summed E-state index contributed by atoms with van der Waals surface area (Å²) in [5, 5.41) is 2.08. The van der Waals surface area contributed by atoms with Gasteiger partial charge in [-0.25, -0.2) is 4.79 Å². The highest BCUT2D eigenvalue weighted by Gasteiger charge is 2.21. The highest BCUT2D eigenvalue weighted by atomic mass is 32.1. The lowest BCUT2D eigenvalue weighted by molar-refractivity contribution is 0.113. The van der Waals surface area contributed by atoms with E-state index in [1.54, 1.807) is 16.2 Å². The SMILES string of the molecule is C=C1CN(C(=O)OCC)CCc2sccc21.CC. The van der Waals surface area contributed by atoms with Crippen LogP contribution in [0.2, 0.25) is 0 Å². The van der Waals surface area contributed by atoms with Gasteiger partial charge in [-0.05, 0) is 29.5 Å². The van der Waals surface area contributed by atoms with Gasteiger partial charge in [0.25, 0.3) is 0 Å². The Labute approximate surface area is 113 Å². The maximum absolute atomic E-state index is 11.6. The third-order valence-corrected chi connectivity index (χ3v) is 3.62. The van der Waals surface area contributed by atoms with Gasteiger partial charge < -0.3 is 9.64 Å². The average molecular weight is 267 g/mol. The first-order chi connectivity index (χ1) is 8.72. The number of carbonyl (C=O) groups excluding carboxylic acids is 1. The second-order valence-electron chi connectivity index (χ2n) is 3.73. The predicted octanol–water partition coefficient (Wildman–Crippen LogP) is 3.80. The molecule has 0 N–H and O–H groups in total. The molecule has 1 aliphatic heterocycles. The fraction of sp³-hybridized carbons (Fsp3) is 0.500. The summed E-state index contributed by atoms with van der Waals surface area (Å²) in [4.78, 5) is 14.7. The summed E-state index contributed by atoms with van der Waals surface area (Å²) in [5.74, 6) is 0. The Kier molecular flexibility index (Phi) is 5.92. The molecule has 1 aromatic heterocycles. The van der Waals surface area contributed by atoms with E-state index in [0.717, 1.165) is 12.0 Å². The van der Waals surface area contributed by atoms with Crippen molar-refractivity contribution >= 4 is 23.0 Å². The van der Waals surface area contributed by atoms with Crippen molar-refractivity contribution in [2.75, 3.05) is 19.7 Å². The number of hydrogen-bond acceptors (Lipinski definition) is 3. The van der Waals surface area contributed by atoms with E-state index in [1.165, 1.54) is 10.4 Å². The average Bonchev–Trinajstić information content (AvgIpc) is 2.79. The highest BCUT2D eigenvalue weighted by molar-refractivity contribution is 7.10. The molecule has 0 bridgehead atoms. The van der Waals surface area contributed by atoms with Crippen LogP contribution in [0.1, 0.15) is 31.2 Å². The smallest absolute Gasteiger partial charge is 0.410 e. The van der Waals surface area contributed by atoms with Gasteiger partial charge in [0.15, 0.2) is 0 Å². The van der Waals surface area contributed by atoms with Crippen molar-refractivity contribution in [2.24, 2.45) is 0 Å². The maximum atomic E-state index is 11.6. The molecule has 2 rings (SSSR count). The van der Waals surface area contributed by atoms with E-state index >= 15 is 0 Å². The van der Waals surface area contributed by atoms with Gasteiger partial charge in [0.05, 0.1) is 6.61 Å². The molecule has 4 heteroatoms. The number of hydrogen-bond donors (Lipinski definition) is 0. The summed E-state index contributed by atoms with van der Waals surface area (Å²) >= 11 is 1.73. The van der Waals surface area contributed by atoms with Gasteiger partial charge in [-0.1, -0.05) is 20.4 Å². The molecule has 18 heavy (non-hydrogen) atoms. The first-order valence-electron chi connectivity index (χ1n) is 6.38. The van der Waals surface area contributed by atoms with E-state index in [-0.39, 0.29) is 6.09 Å². The molecule has 0 atom stereocenters. The third kappa shape index (κ3) is 3.35.